The summed E-state index contributed by atoms with van der Waals surface area (Å²) in [5, 5.41) is 12.3. The number of nitrogens with one attached hydrogen (secondary N) is 1. The number of halogens is 3. The standard InChI is InChI=1S/C20H16F3N3O4/c1-29-17-11-24-16(8-15(17)19(27)28)13-5-6-18(26-10-13)25-9-12-3-2-4-14(7-12)30-20(21,22)23/h2-8,10-11H,9H2,1H3,(H,25,26)(H,27,28). The molecule has 0 bridgehead atoms. The number of methoxy groups -OCH3 is 1. The lowest BCUT2D eigenvalue weighted by Crippen LogP contribution is -2.17. The first-order chi connectivity index (χ1) is 14.2. The van der Waals surface area contributed by atoms with Crippen molar-refractivity contribution in [2.24, 2.45) is 0 Å². The number of alkyl halides is 3. The molecular formula is C20H16F3N3O4. The van der Waals surface area contributed by atoms with Gasteiger partial charge in [-0.25, -0.2) is 9.78 Å². The number of ether oxygens (including phenoxy) is 2. The van der Waals surface area contributed by atoms with E-state index in [9.17, 15) is 23.1 Å². The number of aromatic carboxylic acids is 1. The lowest BCUT2D eigenvalue weighted by Gasteiger charge is -2.11. The Balaban J connectivity index is 1.69. The molecule has 0 fully saturated rings. The number of benzene rings is 1. The van der Waals surface area contributed by atoms with Crippen LogP contribution in [0.15, 0.2) is 54.9 Å². The van der Waals surface area contributed by atoms with Gasteiger partial charge in [-0.3, -0.25) is 4.98 Å². The number of pyridine rings is 2. The van der Waals surface area contributed by atoms with E-state index in [1.165, 1.54) is 43.8 Å². The Morgan fingerprint density at radius 1 is 1.13 bits per heavy atom. The van der Waals surface area contributed by atoms with Crippen LogP contribution >= 0.6 is 0 Å². The van der Waals surface area contributed by atoms with E-state index in [0.29, 0.717) is 22.6 Å². The van der Waals surface area contributed by atoms with E-state index >= 15 is 0 Å². The molecule has 3 aromatic rings. The number of carbonyl (C=O) groups is 1. The highest BCUT2D eigenvalue weighted by Crippen LogP contribution is 2.25. The third kappa shape index (κ3) is 5.37. The second-order valence-corrected chi connectivity index (χ2v) is 6.06. The third-order valence-corrected chi connectivity index (χ3v) is 3.98. The van der Waals surface area contributed by atoms with E-state index in [2.05, 4.69) is 20.0 Å². The average molecular weight is 419 g/mol. The summed E-state index contributed by atoms with van der Waals surface area (Å²) < 4.78 is 45.8. The number of aromatic nitrogens is 2. The van der Waals surface area contributed by atoms with Crippen molar-refractivity contribution in [1.29, 1.82) is 0 Å². The van der Waals surface area contributed by atoms with Gasteiger partial charge in [0.15, 0.2) is 5.75 Å². The Hall–Kier alpha value is -3.82. The molecule has 2 aromatic heterocycles. The van der Waals surface area contributed by atoms with E-state index in [4.69, 9.17) is 4.74 Å². The Labute approximate surface area is 169 Å². The fraction of sp³-hybridized carbons (Fsp3) is 0.150. The van der Waals surface area contributed by atoms with Crippen molar-refractivity contribution in [2.75, 3.05) is 12.4 Å². The first-order valence-electron chi connectivity index (χ1n) is 8.57. The van der Waals surface area contributed by atoms with Gasteiger partial charge in [0.25, 0.3) is 0 Å². The van der Waals surface area contributed by atoms with Crippen LogP contribution in [0.3, 0.4) is 0 Å². The fourth-order valence-electron chi connectivity index (χ4n) is 2.63. The topological polar surface area (TPSA) is 93.6 Å². The van der Waals surface area contributed by atoms with Gasteiger partial charge in [0.05, 0.1) is 19.0 Å². The molecule has 30 heavy (non-hydrogen) atoms. The molecule has 2 heterocycles. The summed E-state index contributed by atoms with van der Waals surface area (Å²) in [4.78, 5) is 19.7. The summed E-state index contributed by atoms with van der Waals surface area (Å²) in [5.74, 6) is -0.814. The first-order valence-corrected chi connectivity index (χ1v) is 8.57. The fourth-order valence-corrected chi connectivity index (χ4v) is 2.63. The van der Waals surface area contributed by atoms with Gasteiger partial charge in [-0.2, -0.15) is 0 Å². The van der Waals surface area contributed by atoms with Crippen LogP contribution in [0.25, 0.3) is 11.3 Å². The van der Waals surface area contributed by atoms with Crippen molar-refractivity contribution >= 4 is 11.8 Å². The zero-order valence-corrected chi connectivity index (χ0v) is 15.6. The van der Waals surface area contributed by atoms with Crippen molar-refractivity contribution in [3.63, 3.8) is 0 Å². The molecule has 0 amide bonds. The summed E-state index contributed by atoms with van der Waals surface area (Å²) in [6.45, 7) is 0.228. The van der Waals surface area contributed by atoms with Crippen LogP contribution in [0.1, 0.15) is 15.9 Å². The molecule has 0 atom stereocenters. The van der Waals surface area contributed by atoms with Crippen molar-refractivity contribution < 1.29 is 32.5 Å². The maximum absolute atomic E-state index is 12.3. The predicted octanol–water partition coefficient (Wildman–Crippen LogP) is 4.36. The molecule has 156 valence electrons. The first kappa shape index (κ1) is 20.9. The molecule has 1 aromatic carbocycles. The number of anilines is 1. The van der Waals surface area contributed by atoms with Gasteiger partial charge in [-0.05, 0) is 35.9 Å². The third-order valence-electron chi connectivity index (χ3n) is 3.98. The molecule has 7 nitrogen and oxygen atoms in total. The molecule has 0 aliphatic rings. The van der Waals surface area contributed by atoms with Gasteiger partial charge >= 0.3 is 12.3 Å². The Morgan fingerprint density at radius 2 is 1.93 bits per heavy atom. The molecule has 2 N–H and O–H groups in total. The van der Waals surface area contributed by atoms with E-state index in [-0.39, 0.29) is 23.6 Å². The Morgan fingerprint density at radius 3 is 2.57 bits per heavy atom. The van der Waals surface area contributed by atoms with Gasteiger partial charge < -0.3 is 19.9 Å². The largest absolute Gasteiger partial charge is 0.573 e. The smallest absolute Gasteiger partial charge is 0.494 e. The summed E-state index contributed by atoms with van der Waals surface area (Å²) in [7, 11) is 1.36. The van der Waals surface area contributed by atoms with E-state index in [1.54, 1.807) is 18.2 Å². The Bertz CT molecular complexity index is 1040. The molecule has 0 saturated heterocycles. The van der Waals surface area contributed by atoms with E-state index < -0.39 is 12.3 Å². The predicted molar refractivity (Wildman–Crippen MR) is 101 cm³/mol. The highest BCUT2D eigenvalue weighted by atomic mass is 19.4. The lowest BCUT2D eigenvalue weighted by molar-refractivity contribution is -0.274. The van der Waals surface area contributed by atoms with Crippen LogP contribution in [0.5, 0.6) is 11.5 Å². The molecule has 0 saturated carbocycles. The maximum Gasteiger partial charge on any atom is 0.573 e. The minimum Gasteiger partial charge on any atom is -0.494 e. The van der Waals surface area contributed by atoms with Crippen molar-refractivity contribution in [3.8, 4) is 22.8 Å². The maximum atomic E-state index is 12.3. The van der Waals surface area contributed by atoms with Gasteiger partial charge in [-0.1, -0.05) is 12.1 Å². The summed E-state index contributed by atoms with van der Waals surface area (Å²) >= 11 is 0. The van der Waals surface area contributed by atoms with Crippen LogP contribution < -0.4 is 14.8 Å². The number of hydrogen-bond acceptors (Lipinski definition) is 6. The number of carboxylic acids is 1. The molecule has 0 aliphatic carbocycles. The number of hydrogen-bond donors (Lipinski definition) is 2. The average Bonchev–Trinajstić information content (AvgIpc) is 2.71. The lowest BCUT2D eigenvalue weighted by atomic mass is 10.1. The van der Waals surface area contributed by atoms with Crippen LogP contribution in [-0.2, 0) is 6.54 Å². The van der Waals surface area contributed by atoms with Crippen molar-refractivity contribution in [3.05, 3.63) is 66.0 Å². The number of rotatable bonds is 7. The zero-order valence-electron chi connectivity index (χ0n) is 15.6. The molecule has 0 radical (unpaired) electrons. The second-order valence-electron chi connectivity index (χ2n) is 6.06. The molecule has 10 heteroatoms. The number of nitrogens with zero attached hydrogens (tertiary/aromatic N) is 2. The van der Waals surface area contributed by atoms with Gasteiger partial charge in [0.1, 0.15) is 17.1 Å². The van der Waals surface area contributed by atoms with E-state index in [1.807, 2.05) is 0 Å². The SMILES string of the molecule is COc1cnc(-c2ccc(NCc3cccc(OC(F)(F)F)c3)nc2)cc1C(=O)O. The van der Waals surface area contributed by atoms with Gasteiger partial charge in [0, 0.05) is 18.3 Å². The molecule has 0 unspecified atom stereocenters. The van der Waals surface area contributed by atoms with Crippen LogP contribution in [0.2, 0.25) is 0 Å². The van der Waals surface area contributed by atoms with Gasteiger partial charge in [-0.15, -0.1) is 13.2 Å². The normalized spacial score (nSPS) is 11.1. The minimum atomic E-state index is -4.75. The number of carboxylic acid groups (broad SMARTS) is 1. The highest BCUT2D eigenvalue weighted by Gasteiger charge is 2.31. The van der Waals surface area contributed by atoms with Crippen LogP contribution in [0.4, 0.5) is 19.0 Å². The monoisotopic (exact) mass is 419 g/mol. The molecule has 3 rings (SSSR count). The van der Waals surface area contributed by atoms with Crippen molar-refractivity contribution in [2.45, 2.75) is 12.9 Å². The van der Waals surface area contributed by atoms with E-state index in [0.717, 1.165) is 0 Å². The highest BCUT2D eigenvalue weighted by molar-refractivity contribution is 5.92. The molecule has 0 aliphatic heterocycles. The quantitative estimate of drug-likeness (QED) is 0.588. The summed E-state index contributed by atoms with van der Waals surface area (Å²) in [6.07, 6.45) is -1.92. The minimum absolute atomic E-state index is 0.0225. The van der Waals surface area contributed by atoms with Crippen LogP contribution in [0, 0.1) is 0 Å². The van der Waals surface area contributed by atoms with Crippen molar-refractivity contribution in [1.82, 2.24) is 9.97 Å². The zero-order chi connectivity index (χ0) is 21.7. The molecular weight excluding hydrogens is 403 g/mol. The summed E-state index contributed by atoms with van der Waals surface area (Å²) in [6, 6.07) is 10.3. The summed E-state index contributed by atoms with van der Waals surface area (Å²) in [5.41, 5.74) is 1.55. The molecule has 0 spiro atoms. The Kier molecular flexibility index (Phi) is 6.05. The van der Waals surface area contributed by atoms with Gasteiger partial charge in [0.2, 0.25) is 0 Å². The van der Waals surface area contributed by atoms with Crippen LogP contribution in [-0.4, -0.2) is 34.5 Å². The second kappa shape index (κ2) is 8.68.